The lowest BCUT2D eigenvalue weighted by Gasteiger charge is -2.32. The van der Waals surface area contributed by atoms with Crippen molar-refractivity contribution in [3.63, 3.8) is 0 Å². The first-order valence-corrected chi connectivity index (χ1v) is 12.5. The molecule has 1 aromatic carbocycles. The number of hydrogen-bond acceptors (Lipinski definition) is 6. The largest absolute Gasteiger partial charge is 0.326 e. The van der Waals surface area contributed by atoms with E-state index in [1.807, 2.05) is 0 Å². The van der Waals surface area contributed by atoms with E-state index in [1.54, 1.807) is 36.0 Å². The maximum Gasteiger partial charge on any atom is 0.305 e. The van der Waals surface area contributed by atoms with Crippen molar-refractivity contribution in [3.8, 4) is 0 Å². The zero-order valence-electron chi connectivity index (χ0n) is 16.7. The Morgan fingerprint density at radius 2 is 1.91 bits per heavy atom. The summed E-state index contributed by atoms with van der Waals surface area (Å²) in [4.78, 5) is 55.5. The highest BCUT2D eigenvalue weighted by Gasteiger charge is 2.66. The molecule has 10 heteroatoms. The summed E-state index contributed by atoms with van der Waals surface area (Å²) in [5.74, 6) is -1.12. The summed E-state index contributed by atoms with van der Waals surface area (Å²) in [7, 11) is 0. The third-order valence-corrected chi connectivity index (χ3v) is 9.57. The van der Waals surface area contributed by atoms with Crippen LogP contribution in [0.25, 0.3) is 6.08 Å². The number of aromatic nitrogens is 1. The van der Waals surface area contributed by atoms with Gasteiger partial charge in [-0.2, -0.15) is 0 Å². The number of benzene rings is 1. The van der Waals surface area contributed by atoms with Crippen LogP contribution in [0.4, 0.5) is 5.69 Å². The third kappa shape index (κ3) is 3.02. The van der Waals surface area contributed by atoms with Crippen LogP contribution in [0, 0.1) is 23.7 Å². The molecule has 5 atom stereocenters. The number of fused-ring (bicyclic) bond motifs is 9. The molecule has 1 aromatic heterocycles. The molecule has 1 saturated heterocycles. The summed E-state index contributed by atoms with van der Waals surface area (Å²) >= 11 is 8.66. The average molecular weight is 488 g/mol. The lowest BCUT2D eigenvalue weighted by Crippen LogP contribution is -2.35. The van der Waals surface area contributed by atoms with Crippen molar-refractivity contribution >= 4 is 64.2 Å². The second-order valence-electron chi connectivity index (χ2n) is 8.58. The molecule has 0 spiro atoms. The standard InChI is InChI=1S/C22H18ClN3O4S2/c23-9-1-3-10(4-2-9)24-15(27)5-6-26-20(28)16-11-7-13(17(16)21(26)29)18-12(11)8-14-19(32-18)25-22(30)31-14/h1-4,8,11,13,16-18H,5-7H2,(H,24,27)(H,25,30)/t11-,13-,16+,17-,18-/m1/s1. The van der Waals surface area contributed by atoms with Gasteiger partial charge >= 0.3 is 4.87 Å². The molecule has 2 bridgehead atoms. The van der Waals surface area contributed by atoms with Crippen molar-refractivity contribution in [2.75, 3.05) is 11.9 Å². The maximum atomic E-state index is 13.2. The number of H-pyrrole nitrogens is 1. The minimum Gasteiger partial charge on any atom is -0.326 e. The first-order valence-electron chi connectivity index (χ1n) is 10.4. The summed E-state index contributed by atoms with van der Waals surface area (Å²) in [5, 5.41) is 4.34. The molecule has 0 unspecified atom stereocenters. The van der Waals surface area contributed by atoms with E-state index in [9.17, 15) is 19.2 Å². The number of halogens is 1. The van der Waals surface area contributed by atoms with E-state index in [0.717, 1.165) is 16.3 Å². The van der Waals surface area contributed by atoms with Crippen molar-refractivity contribution in [2.24, 2.45) is 23.7 Å². The number of thioether (sulfide) groups is 1. The topological polar surface area (TPSA) is 99.3 Å². The molecule has 0 radical (unpaired) electrons. The van der Waals surface area contributed by atoms with Crippen LogP contribution in [0.5, 0.6) is 0 Å². The number of carbonyl (C=O) groups is 3. The number of hydrogen-bond donors (Lipinski definition) is 2. The Kier molecular flexibility index (Phi) is 4.64. The van der Waals surface area contributed by atoms with Gasteiger partial charge in [0.1, 0.15) is 0 Å². The normalized spacial score (nSPS) is 29.6. The summed E-state index contributed by atoms with van der Waals surface area (Å²) < 4.78 is 0. The van der Waals surface area contributed by atoms with Gasteiger partial charge in [0.25, 0.3) is 0 Å². The van der Waals surface area contributed by atoms with Crippen LogP contribution in [0.1, 0.15) is 17.7 Å². The fourth-order valence-corrected chi connectivity index (χ4v) is 8.24. The number of aromatic amines is 1. The number of amides is 3. The summed E-state index contributed by atoms with van der Waals surface area (Å²) in [6.07, 6.45) is 2.94. The van der Waals surface area contributed by atoms with Gasteiger partial charge in [0, 0.05) is 28.9 Å². The summed E-state index contributed by atoms with van der Waals surface area (Å²) in [6.45, 7) is 0.0844. The summed E-state index contributed by atoms with van der Waals surface area (Å²) in [5.41, 5.74) is 1.81. The number of thiazole rings is 1. The number of likely N-dealkylation sites (tertiary alicyclic amines) is 1. The van der Waals surface area contributed by atoms with Crippen molar-refractivity contribution in [1.29, 1.82) is 0 Å². The second kappa shape index (κ2) is 7.33. The molecule has 3 amide bonds. The van der Waals surface area contributed by atoms with Crippen LogP contribution in [0.3, 0.4) is 0 Å². The lowest BCUT2D eigenvalue weighted by atomic mass is 9.77. The number of anilines is 1. The van der Waals surface area contributed by atoms with Crippen molar-refractivity contribution in [2.45, 2.75) is 23.1 Å². The van der Waals surface area contributed by atoms with Gasteiger partial charge in [-0.3, -0.25) is 24.1 Å². The van der Waals surface area contributed by atoms with Crippen molar-refractivity contribution in [1.82, 2.24) is 9.88 Å². The molecule has 32 heavy (non-hydrogen) atoms. The molecule has 3 heterocycles. The molecule has 7 nitrogen and oxygen atoms in total. The highest BCUT2D eigenvalue weighted by atomic mass is 35.5. The molecule has 2 saturated carbocycles. The highest BCUT2D eigenvalue weighted by molar-refractivity contribution is 8.00. The molecule has 6 rings (SSSR count). The third-order valence-electron chi connectivity index (χ3n) is 6.93. The number of nitrogens with zero attached hydrogens (tertiary/aromatic N) is 1. The van der Waals surface area contributed by atoms with Gasteiger partial charge in [0.15, 0.2) is 0 Å². The second-order valence-corrected chi connectivity index (χ2v) is 11.2. The quantitative estimate of drug-likeness (QED) is 0.645. The van der Waals surface area contributed by atoms with Crippen molar-refractivity contribution < 1.29 is 14.4 Å². The van der Waals surface area contributed by atoms with E-state index >= 15 is 0 Å². The first-order chi connectivity index (χ1) is 15.4. The SMILES string of the molecule is O=C(CCN1C(=O)[C@@H]2[C@H]3C[C@H](C4=Cc5sc(=O)[nH]c5S[C@H]43)[C@@H]2C1=O)Nc1ccc(Cl)cc1. The van der Waals surface area contributed by atoms with Gasteiger partial charge in [-0.25, -0.2) is 0 Å². The zero-order chi connectivity index (χ0) is 22.1. The van der Waals surface area contributed by atoms with Crippen LogP contribution < -0.4 is 10.2 Å². The fourth-order valence-electron chi connectivity index (χ4n) is 5.67. The van der Waals surface area contributed by atoms with Crippen molar-refractivity contribution in [3.05, 3.63) is 49.4 Å². The van der Waals surface area contributed by atoms with Gasteiger partial charge in [0.05, 0.1) is 21.7 Å². The summed E-state index contributed by atoms with van der Waals surface area (Å²) in [6, 6.07) is 6.77. The van der Waals surface area contributed by atoms with Crippen LogP contribution in [-0.2, 0) is 14.4 Å². The highest BCUT2D eigenvalue weighted by Crippen LogP contribution is 2.64. The molecule has 3 fully saturated rings. The molecule has 4 aliphatic rings. The van der Waals surface area contributed by atoms with Gasteiger partial charge in [-0.1, -0.05) is 40.3 Å². The molecule has 164 valence electrons. The molecule has 2 aliphatic heterocycles. The van der Waals surface area contributed by atoms with Crippen LogP contribution >= 0.6 is 34.7 Å². The number of nitrogens with one attached hydrogen (secondary N) is 2. The molecular weight excluding hydrogens is 470 g/mol. The van der Waals surface area contributed by atoms with Gasteiger partial charge in [-0.05, 0) is 48.6 Å². The smallest absolute Gasteiger partial charge is 0.305 e. The predicted octanol–water partition coefficient (Wildman–Crippen LogP) is 3.23. The molecular formula is C22H18ClN3O4S2. The molecule has 2 aromatic rings. The average Bonchev–Trinajstić information content (AvgIpc) is 3.47. The number of rotatable bonds is 4. The van der Waals surface area contributed by atoms with Gasteiger partial charge in [-0.15, -0.1) is 0 Å². The van der Waals surface area contributed by atoms with E-state index in [2.05, 4.69) is 16.4 Å². The van der Waals surface area contributed by atoms with E-state index < -0.39 is 0 Å². The molecule has 2 aliphatic carbocycles. The Labute approximate surface area is 196 Å². The molecule has 2 N–H and O–H groups in total. The Bertz CT molecular complexity index is 1250. The van der Waals surface area contributed by atoms with E-state index in [0.29, 0.717) is 10.7 Å². The van der Waals surface area contributed by atoms with Crippen LogP contribution in [-0.4, -0.2) is 39.4 Å². The minimum atomic E-state index is -0.341. The van der Waals surface area contributed by atoms with Gasteiger partial charge in [0.2, 0.25) is 17.7 Å². The van der Waals surface area contributed by atoms with E-state index in [4.69, 9.17) is 11.6 Å². The zero-order valence-corrected chi connectivity index (χ0v) is 19.1. The number of imide groups is 1. The Morgan fingerprint density at radius 1 is 1.16 bits per heavy atom. The monoisotopic (exact) mass is 487 g/mol. The Hall–Kier alpha value is -2.36. The Morgan fingerprint density at radius 3 is 2.69 bits per heavy atom. The van der Waals surface area contributed by atoms with Gasteiger partial charge < -0.3 is 10.3 Å². The minimum absolute atomic E-state index is 0.0391. The number of carbonyl (C=O) groups excluding carboxylic acids is 3. The fraction of sp³-hybridized carbons (Fsp3) is 0.364. The maximum absolute atomic E-state index is 13.2. The lowest BCUT2D eigenvalue weighted by molar-refractivity contribution is -0.140. The van der Waals surface area contributed by atoms with Crippen LogP contribution in [0.2, 0.25) is 5.02 Å². The van der Waals surface area contributed by atoms with E-state index in [-0.39, 0.29) is 64.5 Å². The van der Waals surface area contributed by atoms with Crippen LogP contribution in [0.15, 0.2) is 39.7 Å². The Balaban J connectivity index is 1.17. The predicted molar refractivity (Wildman–Crippen MR) is 123 cm³/mol. The first kappa shape index (κ1) is 20.3. The van der Waals surface area contributed by atoms with E-state index in [1.165, 1.54) is 21.8 Å².